The molecule has 5 heteroatoms. The first-order chi connectivity index (χ1) is 9.41. The number of nitrogens with one attached hydrogen (secondary N) is 1. The van der Waals surface area contributed by atoms with E-state index in [1.54, 1.807) is 7.11 Å². The average molecular weight is 277 g/mol. The van der Waals surface area contributed by atoms with Gasteiger partial charge in [0.2, 0.25) is 0 Å². The van der Waals surface area contributed by atoms with Crippen molar-refractivity contribution in [3.8, 4) is 0 Å². The molecular formula is C14H31NO4. The van der Waals surface area contributed by atoms with Crippen LogP contribution in [-0.4, -0.2) is 67.0 Å². The zero-order valence-corrected chi connectivity index (χ0v) is 12.6. The smallest absolute Gasteiger partial charge is 0.0701 e. The lowest BCUT2D eigenvalue weighted by Gasteiger charge is -2.06. The SMILES string of the molecule is CNCCCCCCOCCOCCOCCOC. The van der Waals surface area contributed by atoms with Crippen LogP contribution >= 0.6 is 0 Å². The van der Waals surface area contributed by atoms with Crippen molar-refractivity contribution in [1.82, 2.24) is 5.32 Å². The largest absolute Gasteiger partial charge is 0.382 e. The molecule has 0 saturated heterocycles. The van der Waals surface area contributed by atoms with Gasteiger partial charge in [-0.15, -0.1) is 0 Å². The summed E-state index contributed by atoms with van der Waals surface area (Å²) in [6, 6.07) is 0. The molecule has 0 spiro atoms. The maximum absolute atomic E-state index is 5.48. The van der Waals surface area contributed by atoms with Gasteiger partial charge in [0.05, 0.1) is 39.6 Å². The Bertz CT molecular complexity index is 142. The molecule has 0 heterocycles. The van der Waals surface area contributed by atoms with Crippen LogP contribution in [0.5, 0.6) is 0 Å². The minimum Gasteiger partial charge on any atom is -0.382 e. The quantitative estimate of drug-likeness (QED) is 0.433. The standard InChI is InChI=1S/C14H31NO4/c1-15-7-5-3-4-6-8-17-11-12-19-14-13-18-10-9-16-2/h15H,3-14H2,1-2H3. The minimum absolute atomic E-state index is 0.620. The molecule has 0 fully saturated rings. The summed E-state index contributed by atoms with van der Waals surface area (Å²) in [6.45, 7) is 5.78. The van der Waals surface area contributed by atoms with E-state index in [-0.39, 0.29) is 0 Å². The summed E-state index contributed by atoms with van der Waals surface area (Å²) in [5.41, 5.74) is 0. The fraction of sp³-hybridized carbons (Fsp3) is 1.00. The summed E-state index contributed by atoms with van der Waals surface area (Å²) in [5.74, 6) is 0. The van der Waals surface area contributed by atoms with E-state index in [2.05, 4.69) is 5.32 Å². The summed E-state index contributed by atoms with van der Waals surface area (Å²) >= 11 is 0. The fourth-order valence-corrected chi connectivity index (χ4v) is 1.54. The zero-order chi connectivity index (χ0) is 14.0. The normalized spacial score (nSPS) is 11.1. The number of ether oxygens (including phenoxy) is 4. The van der Waals surface area contributed by atoms with Crippen molar-refractivity contribution in [2.75, 3.05) is 67.0 Å². The van der Waals surface area contributed by atoms with Crippen LogP contribution < -0.4 is 5.32 Å². The van der Waals surface area contributed by atoms with Gasteiger partial charge in [-0.25, -0.2) is 0 Å². The lowest BCUT2D eigenvalue weighted by molar-refractivity contribution is 0.00324. The summed E-state index contributed by atoms with van der Waals surface area (Å²) in [6.07, 6.45) is 4.92. The maximum Gasteiger partial charge on any atom is 0.0701 e. The molecule has 5 nitrogen and oxygen atoms in total. The Morgan fingerprint density at radius 3 is 1.74 bits per heavy atom. The molecule has 0 aromatic carbocycles. The second-order valence-electron chi connectivity index (χ2n) is 4.35. The van der Waals surface area contributed by atoms with Crippen molar-refractivity contribution in [2.45, 2.75) is 25.7 Å². The van der Waals surface area contributed by atoms with E-state index in [1.165, 1.54) is 19.3 Å². The van der Waals surface area contributed by atoms with E-state index in [0.29, 0.717) is 39.6 Å². The van der Waals surface area contributed by atoms with Gasteiger partial charge in [-0.05, 0) is 26.4 Å². The van der Waals surface area contributed by atoms with Crippen molar-refractivity contribution in [3.05, 3.63) is 0 Å². The van der Waals surface area contributed by atoms with Gasteiger partial charge < -0.3 is 24.3 Å². The lowest BCUT2D eigenvalue weighted by Crippen LogP contribution is -2.11. The lowest BCUT2D eigenvalue weighted by atomic mass is 10.2. The Morgan fingerprint density at radius 1 is 0.632 bits per heavy atom. The van der Waals surface area contributed by atoms with E-state index in [9.17, 15) is 0 Å². The van der Waals surface area contributed by atoms with E-state index in [1.807, 2.05) is 7.05 Å². The topological polar surface area (TPSA) is 49.0 Å². The number of rotatable bonds is 16. The highest BCUT2D eigenvalue weighted by Crippen LogP contribution is 1.99. The predicted octanol–water partition coefficient (Wildman–Crippen LogP) is 1.46. The van der Waals surface area contributed by atoms with Crippen molar-refractivity contribution in [2.24, 2.45) is 0 Å². The summed E-state index contributed by atoms with van der Waals surface area (Å²) in [4.78, 5) is 0. The molecule has 1 N–H and O–H groups in total. The highest BCUT2D eigenvalue weighted by molar-refractivity contribution is 4.45. The predicted molar refractivity (Wildman–Crippen MR) is 76.7 cm³/mol. The van der Waals surface area contributed by atoms with E-state index >= 15 is 0 Å². The summed E-state index contributed by atoms with van der Waals surface area (Å²) < 4.78 is 21.0. The first-order valence-electron chi connectivity index (χ1n) is 7.28. The van der Waals surface area contributed by atoms with Crippen LogP contribution in [0.15, 0.2) is 0 Å². The van der Waals surface area contributed by atoms with Crippen LogP contribution in [0.1, 0.15) is 25.7 Å². The fourth-order valence-electron chi connectivity index (χ4n) is 1.54. The molecule has 19 heavy (non-hydrogen) atoms. The molecule has 116 valence electrons. The first kappa shape index (κ1) is 18.8. The number of methoxy groups -OCH3 is 1. The molecule has 0 amide bonds. The second-order valence-corrected chi connectivity index (χ2v) is 4.35. The molecule has 0 rings (SSSR count). The highest BCUT2D eigenvalue weighted by Gasteiger charge is 1.93. The van der Waals surface area contributed by atoms with Crippen molar-refractivity contribution < 1.29 is 18.9 Å². The second kappa shape index (κ2) is 17.8. The van der Waals surface area contributed by atoms with Gasteiger partial charge in [-0.2, -0.15) is 0 Å². The molecule has 0 aromatic heterocycles. The molecular weight excluding hydrogens is 246 g/mol. The number of hydrogen-bond acceptors (Lipinski definition) is 5. The molecule has 0 aromatic rings. The summed E-state index contributed by atoms with van der Waals surface area (Å²) in [7, 11) is 3.66. The maximum atomic E-state index is 5.48. The van der Waals surface area contributed by atoms with Crippen molar-refractivity contribution >= 4 is 0 Å². The molecule has 0 aliphatic rings. The third-order valence-electron chi connectivity index (χ3n) is 2.64. The number of hydrogen-bond donors (Lipinski definition) is 1. The zero-order valence-electron chi connectivity index (χ0n) is 12.6. The van der Waals surface area contributed by atoms with Crippen LogP contribution in [-0.2, 0) is 18.9 Å². The highest BCUT2D eigenvalue weighted by atomic mass is 16.6. The van der Waals surface area contributed by atoms with Crippen LogP contribution in [0.3, 0.4) is 0 Å². The number of unbranched alkanes of at least 4 members (excludes halogenated alkanes) is 3. The van der Waals surface area contributed by atoms with Gasteiger partial charge in [0.15, 0.2) is 0 Å². The van der Waals surface area contributed by atoms with Crippen LogP contribution in [0.4, 0.5) is 0 Å². The average Bonchev–Trinajstić information content (AvgIpc) is 2.43. The third kappa shape index (κ3) is 17.8. The molecule has 0 saturated carbocycles. The van der Waals surface area contributed by atoms with Crippen molar-refractivity contribution in [3.63, 3.8) is 0 Å². The monoisotopic (exact) mass is 277 g/mol. The molecule has 0 aliphatic carbocycles. The Morgan fingerprint density at radius 2 is 1.16 bits per heavy atom. The molecule has 0 atom stereocenters. The van der Waals surface area contributed by atoms with E-state index in [0.717, 1.165) is 19.6 Å². The van der Waals surface area contributed by atoms with Gasteiger partial charge in [0, 0.05) is 13.7 Å². The summed E-state index contributed by atoms with van der Waals surface area (Å²) in [5, 5.41) is 3.15. The Kier molecular flexibility index (Phi) is 17.6. The molecule has 0 bridgehead atoms. The van der Waals surface area contributed by atoms with Crippen molar-refractivity contribution in [1.29, 1.82) is 0 Å². The molecule has 0 radical (unpaired) electrons. The molecule has 0 aliphatic heterocycles. The first-order valence-corrected chi connectivity index (χ1v) is 7.28. The van der Waals surface area contributed by atoms with Gasteiger partial charge in [-0.3, -0.25) is 0 Å². The van der Waals surface area contributed by atoms with Gasteiger partial charge in [0.25, 0.3) is 0 Å². The molecule has 0 unspecified atom stereocenters. The Balaban J connectivity index is 2.88. The van der Waals surface area contributed by atoms with Gasteiger partial charge in [0.1, 0.15) is 0 Å². The van der Waals surface area contributed by atoms with Crippen LogP contribution in [0.25, 0.3) is 0 Å². The van der Waals surface area contributed by atoms with E-state index < -0.39 is 0 Å². The van der Waals surface area contributed by atoms with Crippen LogP contribution in [0, 0.1) is 0 Å². The van der Waals surface area contributed by atoms with E-state index in [4.69, 9.17) is 18.9 Å². The Labute approximate surface area is 117 Å². The Hall–Kier alpha value is -0.200. The van der Waals surface area contributed by atoms with Gasteiger partial charge in [-0.1, -0.05) is 12.8 Å². The van der Waals surface area contributed by atoms with Crippen LogP contribution in [0.2, 0.25) is 0 Å². The third-order valence-corrected chi connectivity index (χ3v) is 2.64. The minimum atomic E-state index is 0.620. The van der Waals surface area contributed by atoms with Gasteiger partial charge >= 0.3 is 0 Å².